The monoisotopic (exact) mass is 292 g/mol. The summed E-state index contributed by atoms with van der Waals surface area (Å²) in [7, 11) is 0. The van der Waals surface area contributed by atoms with Crippen molar-refractivity contribution in [2.24, 2.45) is 5.73 Å². The Balaban J connectivity index is 1.97. The third kappa shape index (κ3) is 4.44. The van der Waals surface area contributed by atoms with Crippen LogP contribution in [0.2, 0.25) is 0 Å². The molecule has 1 amide bonds. The van der Waals surface area contributed by atoms with E-state index in [4.69, 9.17) is 10.5 Å². The Labute approximate surface area is 125 Å². The minimum absolute atomic E-state index is 0.160. The van der Waals surface area contributed by atoms with Gasteiger partial charge in [0.2, 0.25) is 0 Å². The van der Waals surface area contributed by atoms with E-state index in [-0.39, 0.29) is 25.3 Å². The average molecular weight is 292 g/mol. The third-order valence-electron chi connectivity index (χ3n) is 3.92. The molecule has 1 saturated heterocycles. The predicted molar refractivity (Wildman–Crippen MR) is 80.7 cm³/mol. The summed E-state index contributed by atoms with van der Waals surface area (Å²) in [5.74, 6) is 0. The van der Waals surface area contributed by atoms with E-state index in [1.165, 1.54) is 0 Å². The van der Waals surface area contributed by atoms with E-state index >= 15 is 0 Å². The number of aliphatic hydroxyl groups excluding tert-OH is 1. The van der Waals surface area contributed by atoms with Gasteiger partial charge in [0.15, 0.2) is 0 Å². The van der Waals surface area contributed by atoms with E-state index in [9.17, 15) is 9.90 Å². The van der Waals surface area contributed by atoms with Crippen LogP contribution in [0.5, 0.6) is 0 Å². The van der Waals surface area contributed by atoms with Crippen LogP contribution in [-0.2, 0) is 11.3 Å². The van der Waals surface area contributed by atoms with Crippen molar-refractivity contribution in [3.8, 4) is 0 Å². The third-order valence-corrected chi connectivity index (χ3v) is 3.92. The summed E-state index contributed by atoms with van der Waals surface area (Å²) < 4.78 is 5.38. The number of carbonyl (C=O) groups is 1. The Morgan fingerprint density at radius 2 is 2.10 bits per heavy atom. The van der Waals surface area contributed by atoms with Crippen LogP contribution in [0, 0.1) is 0 Å². The lowest BCUT2D eigenvalue weighted by atomic mass is 10.0. The lowest BCUT2D eigenvalue weighted by molar-refractivity contribution is 0.0346. The normalized spacial score (nSPS) is 20.7. The van der Waals surface area contributed by atoms with Gasteiger partial charge in [0.1, 0.15) is 6.61 Å². The predicted octanol–water partition coefficient (Wildman–Crippen LogP) is 1.89. The second kappa shape index (κ2) is 8.00. The summed E-state index contributed by atoms with van der Waals surface area (Å²) in [6.07, 6.45) is 2.73. The number of hydrogen-bond acceptors (Lipinski definition) is 4. The number of amides is 1. The van der Waals surface area contributed by atoms with Gasteiger partial charge in [-0.25, -0.2) is 4.79 Å². The Bertz CT molecular complexity index is 438. The largest absolute Gasteiger partial charge is 0.445 e. The molecule has 3 N–H and O–H groups in total. The fourth-order valence-corrected chi connectivity index (χ4v) is 2.72. The van der Waals surface area contributed by atoms with Gasteiger partial charge in [0, 0.05) is 13.1 Å². The average Bonchev–Trinajstić information content (AvgIpc) is 2.78. The quantitative estimate of drug-likeness (QED) is 0.888. The molecular weight excluding hydrogens is 268 g/mol. The Morgan fingerprint density at radius 3 is 2.81 bits per heavy atom. The van der Waals surface area contributed by atoms with E-state index in [2.05, 4.69) is 0 Å². The van der Waals surface area contributed by atoms with Gasteiger partial charge in [0.25, 0.3) is 0 Å². The first-order valence-corrected chi connectivity index (χ1v) is 7.58. The topological polar surface area (TPSA) is 75.8 Å². The molecule has 1 fully saturated rings. The molecule has 0 aromatic heterocycles. The van der Waals surface area contributed by atoms with Gasteiger partial charge in [-0.1, -0.05) is 43.2 Å². The van der Waals surface area contributed by atoms with Crippen LogP contribution < -0.4 is 5.73 Å². The molecule has 2 atom stereocenters. The van der Waals surface area contributed by atoms with E-state index in [0.717, 1.165) is 31.2 Å². The van der Waals surface area contributed by atoms with Crippen molar-refractivity contribution in [2.45, 2.75) is 44.4 Å². The summed E-state index contributed by atoms with van der Waals surface area (Å²) in [6.45, 7) is 1.03. The fourth-order valence-electron chi connectivity index (χ4n) is 2.72. The van der Waals surface area contributed by atoms with Crippen molar-refractivity contribution >= 4 is 6.09 Å². The molecule has 1 aliphatic rings. The number of benzene rings is 1. The zero-order chi connectivity index (χ0) is 15.1. The molecule has 1 aliphatic heterocycles. The Kier molecular flexibility index (Phi) is 6.02. The van der Waals surface area contributed by atoms with Gasteiger partial charge >= 0.3 is 6.09 Å². The van der Waals surface area contributed by atoms with Crippen LogP contribution in [0.4, 0.5) is 4.79 Å². The molecule has 0 spiro atoms. The lowest BCUT2D eigenvalue weighted by Gasteiger charge is -2.32. The molecule has 5 nitrogen and oxygen atoms in total. The molecule has 2 rings (SSSR count). The molecule has 1 aromatic rings. The van der Waals surface area contributed by atoms with E-state index in [0.29, 0.717) is 6.54 Å². The van der Waals surface area contributed by atoms with Crippen molar-refractivity contribution in [1.82, 2.24) is 4.90 Å². The molecule has 1 heterocycles. The molecular formula is C16H24N2O3. The smallest absolute Gasteiger partial charge is 0.410 e. The van der Waals surface area contributed by atoms with E-state index < -0.39 is 6.10 Å². The number of nitrogens with zero attached hydrogens (tertiary/aromatic N) is 1. The van der Waals surface area contributed by atoms with Crippen molar-refractivity contribution < 1.29 is 14.6 Å². The van der Waals surface area contributed by atoms with Crippen molar-refractivity contribution in [3.05, 3.63) is 35.9 Å². The molecule has 0 bridgehead atoms. The van der Waals surface area contributed by atoms with Gasteiger partial charge in [0.05, 0.1) is 12.1 Å². The summed E-state index contributed by atoms with van der Waals surface area (Å²) in [4.78, 5) is 14.0. The number of nitrogens with two attached hydrogens (primary N) is 1. The summed E-state index contributed by atoms with van der Waals surface area (Å²) >= 11 is 0. The maximum absolute atomic E-state index is 12.3. The highest BCUT2D eigenvalue weighted by atomic mass is 16.6. The second-order valence-corrected chi connectivity index (χ2v) is 5.45. The molecule has 21 heavy (non-hydrogen) atoms. The number of aliphatic hydroxyl groups is 1. The number of ether oxygens (including phenoxy) is 1. The lowest BCUT2D eigenvalue weighted by Crippen LogP contribution is -2.49. The van der Waals surface area contributed by atoms with Crippen LogP contribution in [0.25, 0.3) is 0 Å². The highest BCUT2D eigenvalue weighted by Crippen LogP contribution is 2.20. The summed E-state index contributed by atoms with van der Waals surface area (Å²) in [5.41, 5.74) is 6.51. The van der Waals surface area contributed by atoms with E-state index in [1.807, 2.05) is 30.3 Å². The van der Waals surface area contributed by atoms with Gasteiger partial charge in [-0.15, -0.1) is 0 Å². The first kappa shape index (κ1) is 15.8. The number of hydrogen-bond donors (Lipinski definition) is 2. The second-order valence-electron chi connectivity index (χ2n) is 5.45. The molecule has 1 aromatic carbocycles. The SMILES string of the molecule is NCC(O)C1CCCCCN1C(=O)OCc1ccccc1. The van der Waals surface area contributed by atoms with Gasteiger partial charge in [-0.05, 0) is 18.4 Å². The molecule has 0 aliphatic carbocycles. The fraction of sp³-hybridized carbons (Fsp3) is 0.562. The molecule has 2 unspecified atom stereocenters. The zero-order valence-electron chi connectivity index (χ0n) is 12.3. The van der Waals surface area contributed by atoms with Gasteiger partial charge in [-0.2, -0.15) is 0 Å². The van der Waals surface area contributed by atoms with Crippen LogP contribution >= 0.6 is 0 Å². The molecule has 5 heteroatoms. The minimum atomic E-state index is -0.688. The molecule has 116 valence electrons. The standard InChI is InChI=1S/C16H24N2O3/c17-11-15(19)14-9-5-2-6-10-18(14)16(20)21-12-13-7-3-1-4-8-13/h1,3-4,7-8,14-15,19H,2,5-6,9-12,17H2. The Morgan fingerprint density at radius 1 is 1.33 bits per heavy atom. The maximum Gasteiger partial charge on any atom is 0.410 e. The van der Waals surface area contributed by atoms with Gasteiger partial charge in [-0.3, -0.25) is 0 Å². The van der Waals surface area contributed by atoms with E-state index in [1.54, 1.807) is 4.90 Å². The highest BCUT2D eigenvalue weighted by molar-refractivity contribution is 5.68. The maximum atomic E-state index is 12.3. The van der Waals surface area contributed by atoms with Crippen LogP contribution in [0.3, 0.4) is 0 Å². The number of carbonyl (C=O) groups excluding carboxylic acids is 1. The Hall–Kier alpha value is -1.59. The highest BCUT2D eigenvalue weighted by Gasteiger charge is 2.31. The first-order valence-electron chi connectivity index (χ1n) is 7.58. The van der Waals surface area contributed by atoms with Crippen molar-refractivity contribution in [3.63, 3.8) is 0 Å². The van der Waals surface area contributed by atoms with Gasteiger partial charge < -0.3 is 20.5 Å². The van der Waals surface area contributed by atoms with Crippen molar-refractivity contribution in [1.29, 1.82) is 0 Å². The van der Waals surface area contributed by atoms with Crippen LogP contribution in [0.1, 0.15) is 31.2 Å². The van der Waals surface area contributed by atoms with Crippen molar-refractivity contribution in [2.75, 3.05) is 13.1 Å². The van der Waals surface area contributed by atoms with Crippen LogP contribution in [0.15, 0.2) is 30.3 Å². The molecule has 0 radical (unpaired) electrons. The first-order chi connectivity index (χ1) is 10.2. The zero-order valence-corrected chi connectivity index (χ0v) is 12.3. The summed E-state index contributed by atoms with van der Waals surface area (Å²) in [6, 6.07) is 9.35. The molecule has 0 saturated carbocycles. The number of likely N-dealkylation sites (tertiary alicyclic amines) is 1. The minimum Gasteiger partial charge on any atom is -0.445 e. The summed E-state index contributed by atoms with van der Waals surface area (Å²) in [5, 5.41) is 10.0. The number of rotatable bonds is 4. The van der Waals surface area contributed by atoms with Crippen LogP contribution in [-0.4, -0.2) is 41.3 Å².